The first-order chi connectivity index (χ1) is 12.8. The summed E-state index contributed by atoms with van der Waals surface area (Å²) in [4.78, 5) is 0. The lowest BCUT2D eigenvalue weighted by atomic mass is 9.91. The smallest absolute Gasteiger partial charge is 0.260 e. The topological polar surface area (TPSA) is 54.4 Å². The van der Waals surface area contributed by atoms with Crippen LogP contribution < -0.4 is 0 Å². The van der Waals surface area contributed by atoms with Crippen LogP contribution in [0.3, 0.4) is 0 Å². The van der Waals surface area contributed by atoms with E-state index in [1.165, 1.54) is 0 Å². The highest BCUT2D eigenvalue weighted by Gasteiger charge is 2.95. The molecule has 0 saturated carbocycles. The Bertz CT molecular complexity index is 672. The Kier molecular flexibility index (Phi) is 8.06. The van der Waals surface area contributed by atoms with Crippen LogP contribution in [0.5, 0.6) is 0 Å². The summed E-state index contributed by atoms with van der Waals surface area (Å²) < 4.78 is 255. The predicted molar refractivity (Wildman–Crippen MR) is 54.4 cm³/mol. The van der Waals surface area contributed by atoms with E-state index in [1.807, 2.05) is 0 Å². The zero-order valence-corrected chi connectivity index (χ0v) is 13.7. The van der Waals surface area contributed by atoms with Gasteiger partial charge in [0.25, 0.3) is 0 Å². The Labute approximate surface area is 155 Å². The first-order valence-corrected chi connectivity index (χ1v) is 7.16. The quantitative estimate of drug-likeness (QED) is 0.279. The molecule has 0 aliphatic rings. The summed E-state index contributed by atoms with van der Waals surface area (Å²) in [5, 5.41) is 0. The number of rotatable bonds is 5. The predicted octanol–water partition coefficient (Wildman–Crippen LogP) is 5.68. The van der Waals surface area contributed by atoms with Gasteiger partial charge in [0.05, 0.1) is 0 Å². The summed E-state index contributed by atoms with van der Waals surface area (Å²) in [5.41, 5.74) is 0. The number of hydrogen-bond donors (Lipinski definition) is 1. The molecule has 0 aliphatic heterocycles. The number of halogens is 19. The Morgan fingerprint density at radius 2 is 0.484 bits per heavy atom. The Morgan fingerprint density at radius 3 is 0.581 bits per heavy atom. The maximum Gasteiger partial charge on any atom is 0.460 e. The average molecular weight is 538 g/mol. The molecule has 0 saturated heterocycles. The van der Waals surface area contributed by atoms with Crippen molar-refractivity contribution in [2.75, 3.05) is 0 Å². The molecule has 0 aromatic carbocycles. The molecule has 3 nitrogen and oxygen atoms in total. The molecule has 0 aromatic rings. The van der Waals surface area contributed by atoms with E-state index in [0.29, 0.717) is 0 Å². The summed E-state index contributed by atoms with van der Waals surface area (Å²) in [7, 11) is -5.17. The van der Waals surface area contributed by atoms with Gasteiger partial charge < -0.3 is 0 Å². The van der Waals surface area contributed by atoms with Crippen molar-refractivity contribution in [2.45, 2.75) is 47.9 Å². The van der Waals surface area contributed by atoms with Crippen LogP contribution in [-0.4, -0.2) is 60.9 Å². The van der Waals surface area contributed by atoms with E-state index in [9.17, 15) is 82.9 Å². The van der Waals surface area contributed by atoms with Gasteiger partial charge in [-0.05, 0) is 0 Å². The zero-order valence-electron chi connectivity index (χ0n) is 12.9. The lowest BCUT2D eigenvalue weighted by Crippen LogP contribution is -2.74. The molecular formula is C8HF19O3S. The maximum atomic E-state index is 12.8. The summed E-state index contributed by atoms with van der Waals surface area (Å²) in [6, 6.07) is 0. The zero-order chi connectivity index (χ0) is 26.5. The van der Waals surface area contributed by atoms with Crippen LogP contribution in [0.15, 0.2) is 0 Å². The first kappa shape index (κ1) is 31.8. The van der Waals surface area contributed by atoms with Crippen molar-refractivity contribution in [3.05, 3.63) is 0 Å². The van der Waals surface area contributed by atoms with Crippen molar-refractivity contribution in [1.29, 1.82) is 0 Å². The van der Waals surface area contributed by atoms with Gasteiger partial charge in [0.2, 0.25) is 0 Å². The van der Waals surface area contributed by atoms with Gasteiger partial charge in [-0.2, -0.15) is 87.4 Å². The molecule has 0 radical (unpaired) electrons. The van der Waals surface area contributed by atoms with Gasteiger partial charge in [0.15, 0.2) is 0 Å². The maximum absolute atomic E-state index is 12.8. The fraction of sp³-hybridized carbons (Fsp3) is 1.00. The van der Waals surface area contributed by atoms with Crippen molar-refractivity contribution in [2.24, 2.45) is 0 Å². The monoisotopic (exact) mass is 538 g/mol. The molecule has 0 unspecified atom stereocenters. The molecule has 190 valence electrons. The molecule has 23 heteroatoms. The van der Waals surface area contributed by atoms with Crippen molar-refractivity contribution < 1.29 is 95.9 Å². The van der Waals surface area contributed by atoms with E-state index < -0.39 is 58.4 Å². The SMILES string of the molecule is FC(F)(F)C(F)(F)C(F)(F)C(F)(F)C(F)(F)C(F)(F)C(F)(F)C(F)(F)F.O=S(=O)(O)F. The van der Waals surface area contributed by atoms with E-state index in [4.69, 9.17) is 13.0 Å². The average Bonchev–Trinajstić information content (AvgIpc) is 2.41. The lowest BCUT2D eigenvalue weighted by Gasteiger charge is -2.41. The summed E-state index contributed by atoms with van der Waals surface area (Å²) >= 11 is 0. The van der Waals surface area contributed by atoms with Crippen molar-refractivity contribution in [3.8, 4) is 0 Å². The van der Waals surface area contributed by atoms with Crippen molar-refractivity contribution in [1.82, 2.24) is 0 Å². The number of hydrogen-bond acceptors (Lipinski definition) is 2. The van der Waals surface area contributed by atoms with E-state index in [1.54, 1.807) is 0 Å². The molecule has 0 aliphatic carbocycles. The van der Waals surface area contributed by atoms with Crippen LogP contribution in [0.4, 0.5) is 82.9 Å². The molecule has 0 amide bonds. The standard InChI is InChI=1S/C8F18.FHO3S/c9-1(10,3(13,14)5(17,18)7(21,22)23)2(11,12)4(15,16)6(19,20)8(24,25)26;1-5(2,3)4/h;(H,2,3,4). The largest absolute Gasteiger partial charge is 0.460 e. The second-order valence-corrected chi connectivity index (χ2v) is 5.68. The van der Waals surface area contributed by atoms with Gasteiger partial charge in [0, 0.05) is 0 Å². The van der Waals surface area contributed by atoms with Crippen LogP contribution in [0.1, 0.15) is 0 Å². The van der Waals surface area contributed by atoms with Gasteiger partial charge in [-0.15, -0.1) is 0 Å². The third-order valence-corrected chi connectivity index (χ3v) is 2.68. The molecule has 0 atom stereocenters. The van der Waals surface area contributed by atoms with E-state index in [2.05, 4.69) is 0 Å². The number of alkyl halides is 18. The van der Waals surface area contributed by atoms with E-state index in [0.717, 1.165) is 0 Å². The fourth-order valence-electron chi connectivity index (χ4n) is 1.14. The van der Waals surface area contributed by atoms with Crippen molar-refractivity contribution >= 4 is 10.5 Å². The molecule has 0 spiro atoms. The Hall–Kier alpha value is -1.42. The third kappa shape index (κ3) is 5.32. The van der Waals surface area contributed by atoms with Crippen LogP contribution in [0.2, 0.25) is 0 Å². The molecule has 0 bridgehead atoms. The molecular weight excluding hydrogens is 537 g/mol. The summed E-state index contributed by atoms with van der Waals surface area (Å²) in [6.07, 6.45) is -15.6. The Morgan fingerprint density at radius 1 is 0.387 bits per heavy atom. The second-order valence-electron chi connectivity index (χ2n) is 4.85. The molecule has 0 aromatic heterocycles. The first-order valence-electron chi connectivity index (χ1n) is 5.82. The lowest BCUT2D eigenvalue weighted by molar-refractivity contribution is -0.468. The molecule has 0 heterocycles. The third-order valence-electron chi connectivity index (χ3n) is 2.68. The van der Waals surface area contributed by atoms with Crippen molar-refractivity contribution in [3.63, 3.8) is 0 Å². The van der Waals surface area contributed by atoms with Gasteiger partial charge in [-0.1, -0.05) is 3.89 Å². The molecule has 0 fully saturated rings. The molecule has 0 rings (SSSR count). The summed E-state index contributed by atoms with van der Waals surface area (Å²) in [6.45, 7) is 0. The minimum absolute atomic E-state index is 5.17. The molecule has 31 heavy (non-hydrogen) atoms. The molecule has 1 N–H and O–H groups in total. The van der Waals surface area contributed by atoms with E-state index >= 15 is 0 Å². The van der Waals surface area contributed by atoms with E-state index in [-0.39, 0.29) is 0 Å². The highest BCUT2D eigenvalue weighted by Crippen LogP contribution is 2.63. The van der Waals surface area contributed by atoms with Gasteiger partial charge in [0.1, 0.15) is 0 Å². The Balaban J connectivity index is 0. The summed E-state index contributed by atoms with van der Waals surface area (Å²) in [5.74, 6) is -51.0. The van der Waals surface area contributed by atoms with Crippen LogP contribution in [0, 0.1) is 0 Å². The van der Waals surface area contributed by atoms with Crippen LogP contribution >= 0.6 is 0 Å². The minimum Gasteiger partial charge on any atom is -0.260 e. The normalized spacial score (nSPS) is 16.0. The van der Waals surface area contributed by atoms with Gasteiger partial charge in [-0.25, -0.2) is 0 Å². The minimum atomic E-state index is -8.72. The van der Waals surface area contributed by atoms with Gasteiger partial charge in [-0.3, -0.25) is 4.55 Å². The van der Waals surface area contributed by atoms with Crippen LogP contribution in [-0.2, 0) is 10.5 Å². The highest BCUT2D eigenvalue weighted by molar-refractivity contribution is 7.80. The fourth-order valence-corrected chi connectivity index (χ4v) is 1.14. The second kappa shape index (κ2) is 7.86. The highest BCUT2D eigenvalue weighted by atomic mass is 32.3. The van der Waals surface area contributed by atoms with Crippen LogP contribution in [0.25, 0.3) is 0 Å². The van der Waals surface area contributed by atoms with Gasteiger partial charge >= 0.3 is 58.4 Å².